The molecule has 2 rings (SSSR count). The standard InChI is InChI=1S/C12H17N3OS.C4H4O4/c1-15-8-9(4-2-6-13)16-11-10(12(15)17)5-3-7-14-11;5-3(6)1-2-4(7)8/h3,5,7,9H,2,4,6,8,13H2,1H3;1-2H,(H,5,6)(H,7,8)/b;2-1+. The molecule has 0 aromatic carbocycles. The van der Waals surface area contributed by atoms with Crippen molar-refractivity contribution in [2.75, 3.05) is 20.1 Å². The highest BCUT2D eigenvalue weighted by molar-refractivity contribution is 7.80. The number of thiocarbonyl (C=S) groups is 1. The molecule has 1 aliphatic heterocycles. The van der Waals surface area contributed by atoms with E-state index in [1.54, 1.807) is 6.20 Å². The molecular formula is C16H21N3O5S. The van der Waals surface area contributed by atoms with E-state index in [1.807, 2.05) is 24.1 Å². The van der Waals surface area contributed by atoms with Gasteiger partial charge in [-0.1, -0.05) is 12.2 Å². The van der Waals surface area contributed by atoms with Crippen LogP contribution in [0.2, 0.25) is 0 Å². The van der Waals surface area contributed by atoms with Gasteiger partial charge in [-0.05, 0) is 31.5 Å². The van der Waals surface area contributed by atoms with Crippen molar-refractivity contribution >= 4 is 29.1 Å². The van der Waals surface area contributed by atoms with Crippen LogP contribution in [-0.4, -0.2) is 63.3 Å². The monoisotopic (exact) mass is 367 g/mol. The van der Waals surface area contributed by atoms with Crippen molar-refractivity contribution < 1.29 is 24.5 Å². The highest BCUT2D eigenvalue weighted by Crippen LogP contribution is 2.23. The Morgan fingerprint density at radius 2 is 2.08 bits per heavy atom. The molecule has 0 bridgehead atoms. The highest BCUT2D eigenvalue weighted by Gasteiger charge is 2.24. The lowest BCUT2D eigenvalue weighted by Crippen LogP contribution is -2.33. The van der Waals surface area contributed by atoms with Crippen molar-refractivity contribution in [3.8, 4) is 5.88 Å². The fourth-order valence-electron chi connectivity index (χ4n) is 2.07. The molecule has 0 amide bonds. The van der Waals surface area contributed by atoms with Gasteiger partial charge < -0.3 is 25.6 Å². The van der Waals surface area contributed by atoms with E-state index in [0.29, 0.717) is 24.6 Å². The number of fused-ring (bicyclic) bond motifs is 1. The van der Waals surface area contributed by atoms with E-state index in [2.05, 4.69) is 4.98 Å². The summed E-state index contributed by atoms with van der Waals surface area (Å²) in [7, 11) is 1.99. The molecule has 1 aromatic rings. The van der Waals surface area contributed by atoms with Gasteiger partial charge in [-0.25, -0.2) is 14.6 Å². The number of pyridine rings is 1. The number of carbonyl (C=O) groups is 2. The Morgan fingerprint density at radius 1 is 1.44 bits per heavy atom. The maximum Gasteiger partial charge on any atom is 0.328 e. The van der Waals surface area contributed by atoms with Crippen LogP contribution in [0.1, 0.15) is 18.4 Å². The Hall–Kier alpha value is -2.52. The van der Waals surface area contributed by atoms with Crippen LogP contribution >= 0.6 is 12.2 Å². The van der Waals surface area contributed by atoms with Crippen LogP contribution in [0.15, 0.2) is 30.5 Å². The largest absolute Gasteiger partial charge is 0.478 e. The third-order valence-corrected chi connectivity index (χ3v) is 3.73. The molecule has 0 radical (unpaired) electrons. The number of ether oxygens (including phenoxy) is 1. The molecule has 9 heteroatoms. The molecule has 1 aliphatic rings. The van der Waals surface area contributed by atoms with Gasteiger partial charge in [0, 0.05) is 25.4 Å². The minimum atomic E-state index is -1.26. The van der Waals surface area contributed by atoms with Crippen LogP contribution in [-0.2, 0) is 9.59 Å². The molecule has 0 saturated heterocycles. The summed E-state index contributed by atoms with van der Waals surface area (Å²) in [6.07, 6.45) is 4.84. The Labute approximate surface area is 150 Å². The Balaban J connectivity index is 0.000000333. The first-order chi connectivity index (χ1) is 11.8. The number of likely N-dealkylation sites (N-methyl/N-ethyl adjacent to an activating group) is 1. The van der Waals surface area contributed by atoms with Crippen LogP contribution in [0.4, 0.5) is 0 Å². The summed E-state index contributed by atoms with van der Waals surface area (Å²) in [6.45, 7) is 1.47. The number of rotatable bonds is 5. The van der Waals surface area contributed by atoms with Crippen LogP contribution in [0.5, 0.6) is 5.88 Å². The van der Waals surface area contributed by atoms with Gasteiger partial charge in [0.15, 0.2) is 0 Å². The molecule has 0 spiro atoms. The zero-order chi connectivity index (χ0) is 18.8. The number of carboxylic acid groups (broad SMARTS) is 2. The second-order valence-electron chi connectivity index (χ2n) is 5.22. The molecule has 2 heterocycles. The number of hydrogen-bond donors (Lipinski definition) is 3. The van der Waals surface area contributed by atoms with E-state index >= 15 is 0 Å². The maximum atomic E-state index is 9.55. The lowest BCUT2D eigenvalue weighted by Gasteiger charge is -2.21. The van der Waals surface area contributed by atoms with Crippen molar-refractivity contribution in [1.29, 1.82) is 0 Å². The molecule has 0 fully saturated rings. The molecule has 1 unspecified atom stereocenters. The smallest absolute Gasteiger partial charge is 0.328 e. The molecule has 8 nitrogen and oxygen atoms in total. The van der Waals surface area contributed by atoms with E-state index in [4.69, 9.17) is 32.9 Å². The molecule has 0 saturated carbocycles. The van der Waals surface area contributed by atoms with E-state index in [1.165, 1.54) is 0 Å². The van der Waals surface area contributed by atoms with Crippen LogP contribution in [0, 0.1) is 0 Å². The van der Waals surface area contributed by atoms with Crippen molar-refractivity contribution in [2.24, 2.45) is 5.73 Å². The molecule has 136 valence electrons. The third kappa shape index (κ3) is 7.27. The van der Waals surface area contributed by atoms with Gasteiger partial charge in [0.1, 0.15) is 11.1 Å². The van der Waals surface area contributed by atoms with Gasteiger partial charge in [0.05, 0.1) is 12.1 Å². The zero-order valence-corrected chi connectivity index (χ0v) is 14.6. The number of aliphatic carboxylic acids is 2. The predicted octanol–water partition coefficient (Wildman–Crippen LogP) is 0.901. The Morgan fingerprint density at radius 3 is 2.64 bits per heavy atom. The van der Waals surface area contributed by atoms with Gasteiger partial charge in [-0.2, -0.15) is 0 Å². The van der Waals surface area contributed by atoms with Gasteiger partial charge >= 0.3 is 11.9 Å². The number of carboxylic acids is 2. The lowest BCUT2D eigenvalue weighted by atomic mass is 10.2. The van der Waals surface area contributed by atoms with E-state index in [-0.39, 0.29) is 6.10 Å². The van der Waals surface area contributed by atoms with Gasteiger partial charge in [-0.15, -0.1) is 0 Å². The van der Waals surface area contributed by atoms with Crippen LogP contribution in [0.3, 0.4) is 0 Å². The predicted molar refractivity (Wildman–Crippen MR) is 95.7 cm³/mol. The SMILES string of the molecule is CN1CC(CCCN)Oc2ncccc2C1=S.O=C(O)/C=C/C(=O)O. The summed E-state index contributed by atoms with van der Waals surface area (Å²) in [4.78, 5) is 26.2. The third-order valence-electron chi connectivity index (χ3n) is 3.20. The van der Waals surface area contributed by atoms with Gasteiger partial charge in [0.2, 0.25) is 5.88 Å². The van der Waals surface area contributed by atoms with E-state index in [0.717, 1.165) is 29.9 Å². The fraction of sp³-hybridized carbons (Fsp3) is 0.375. The van der Waals surface area contributed by atoms with E-state index in [9.17, 15) is 9.59 Å². The first kappa shape index (κ1) is 20.5. The second kappa shape index (κ2) is 10.4. The molecule has 25 heavy (non-hydrogen) atoms. The zero-order valence-electron chi connectivity index (χ0n) is 13.8. The average Bonchev–Trinajstić information content (AvgIpc) is 2.69. The topological polar surface area (TPSA) is 126 Å². The summed E-state index contributed by atoms with van der Waals surface area (Å²) in [5.74, 6) is -1.87. The average molecular weight is 367 g/mol. The fourth-order valence-corrected chi connectivity index (χ4v) is 2.30. The molecule has 1 aromatic heterocycles. The molecular weight excluding hydrogens is 346 g/mol. The van der Waals surface area contributed by atoms with Crippen molar-refractivity contribution in [3.63, 3.8) is 0 Å². The van der Waals surface area contributed by atoms with Crippen molar-refractivity contribution in [2.45, 2.75) is 18.9 Å². The summed E-state index contributed by atoms with van der Waals surface area (Å²) >= 11 is 5.42. The first-order valence-corrected chi connectivity index (χ1v) is 7.97. The number of nitrogens with two attached hydrogens (primary N) is 1. The van der Waals surface area contributed by atoms with Gasteiger partial charge in [-0.3, -0.25) is 0 Å². The van der Waals surface area contributed by atoms with Crippen LogP contribution in [0.25, 0.3) is 0 Å². The minimum Gasteiger partial charge on any atom is -0.478 e. The molecule has 0 aliphatic carbocycles. The highest BCUT2D eigenvalue weighted by atomic mass is 32.1. The second-order valence-corrected chi connectivity index (χ2v) is 5.61. The van der Waals surface area contributed by atoms with Crippen LogP contribution < -0.4 is 10.5 Å². The first-order valence-electron chi connectivity index (χ1n) is 7.56. The van der Waals surface area contributed by atoms with Crippen molar-refractivity contribution in [1.82, 2.24) is 9.88 Å². The van der Waals surface area contributed by atoms with Crippen molar-refractivity contribution in [3.05, 3.63) is 36.0 Å². The van der Waals surface area contributed by atoms with E-state index < -0.39 is 11.9 Å². The summed E-state index contributed by atoms with van der Waals surface area (Å²) < 4.78 is 5.90. The summed E-state index contributed by atoms with van der Waals surface area (Å²) in [5, 5.41) is 15.6. The maximum absolute atomic E-state index is 9.55. The lowest BCUT2D eigenvalue weighted by molar-refractivity contribution is -0.134. The van der Waals surface area contributed by atoms with Gasteiger partial charge in [0.25, 0.3) is 0 Å². The normalized spacial score (nSPS) is 16.3. The Bertz CT molecular complexity index is 634. The summed E-state index contributed by atoms with van der Waals surface area (Å²) in [5.41, 5.74) is 6.43. The molecule has 4 N–H and O–H groups in total. The Kier molecular flexibility index (Phi) is 8.51. The number of nitrogens with zero attached hydrogens (tertiary/aromatic N) is 2. The number of aromatic nitrogens is 1. The number of hydrogen-bond acceptors (Lipinski definition) is 6. The molecule has 1 atom stereocenters. The minimum absolute atomic E-state index is 0.109. The summed E-state index contributed by atoms with van der Waals surface area (Å²) in [6, 6.07) is 3.83. The quantitative estimate of drug-likeness (QED) is 0.514.